The van der Waals surface area contributed by atoms with Gasteiger partial charge in [-0.15, -0.1) is 0 Å². The van der Waals surface area contributed by atoms with Crippen LogP contribution in [0.15, 0.2) is 24.3 Å². The van der Waals surface area contributed by atoms with Gasteiger partial charge in [0.05, 0.1) is 12.2 Å². The van der Waals surface area contributed by atoms with E-state index in [1.54, 1.807) is 7.11 Å². The topological polar surface area (TPSA) is 35.5 Å². The fourth-order valence-electron chi connectivity index (χ4n) is 2.65. The van der Waals surface area contributed by atoms with E-state index in [-0.39, 0.29) is 12.1 Å². The van der Waals surface area contributed by atoms with Crippen molar-refractivity contribution in [3.8, 4) is 0 Å². The highest BCUT2D eigenvalue weighted by Crippen LogP contribution is 2.14. The number of carbonyl (C=O) groups is 1. The Hall–Kier alpha value is -1.35. The lowest BCUT2D eigenvalue weighted by Crippen LogP contribution is -2.23. The standard InChI is InChI=1S/C20H32O3/c1-4-6-7-8-9-10-14-19(16-22-3)23-20(21)18-13-11-12-17(5-2)15-18/h11-13,15,19H,4-10,14,16H2,1-3H3. The van der Waals surface area contributed by atoms with Gasteiger partial charge in [0.1, 0.15) is 6.10 Å². The molecule has 0 fully saturated rings. The molecular weight excluding hydrogens is 288 g/mol. The van der Waals surface area contributed by atoms with Gasteiger partial charge in [-0.1, -0.05) is 58.1 Å². The summed E-state index contributed by atoms with van der Waals surface area (Å²) in [7, 11) is 1.65. The van der Waals surface area contributed by atoms with Gasteiger partial charge in [0.25, 0.3) is 0 Å². The number of rotatable bonds is 12. The van der Waals surface area contributed by atoms with E-state index >= 15 is 0 Å². The molecule has 0 N–H and O–H groups in total. The van der Waals surface area contributed by atoms with Gasteiger partial charge in [-0.2, -0.15) is 0 Å². The molecule has 23 heavy (non-hydrogen) atoms. The Labute approximate surface area is 141 Å². The molecule has 1 atom stereocenters. The Morgan fingerprint density at radius 3 is 2.52 bits per heavy atom. The molecule has 3 heteroatoms. The average molecular weight is 320 g/mol. The normalized spacial score (nSPS) is 12.1. The minimum atomic E-state index is -0.242. The minimum Gasteiger partial charge on any atom is -0.456 e. The van der Waals surface area contributed by atoms with E-state index in [2.05, 4.69) is 13.8 Å². The van der Waals surface area contributed by atoms with E-state index in [0.29, 0.717) is 12.2 Å². The van der Waals surface area contributed by atoms with Crippen molar-refractivity contribution < 1.29 is 14.3 Å². The number of ether oxygens (including phenoxy) is 2. The first kappa shape index (κ1) is 19.7. The van der Waals surface area contributed by atoms with Gasteiger partial charge in [-0.05, 0) is 37.0 Å². The maximum absolute atomic E-state index is 12.3. The second-order valence-corrected chi connectivity index (χ2v) is 6.09. The summed E-state index contributed by atoms with van der Waals surface area (Å²) < 4.78 is 10.8. The van der Waals surface area contributed by atoms with Crippen molar-refractivity contribution in [3.05, 3.63) is 35.4 Å². The van der Waals surface area contributed by atoms with Gasteiger partial charge in [-0.25, -0.2) is 4.79 Å². The van der Waals surface area contributed by atoms with Crippen LogP contribution in [0.3, 0.4) is 0 Å². The summed E-state index contributed by atoms with van der Waals surface area (Å²) in [4.78, 5) is 12.3. The highest BCUT2D eigenvalue weighted by atomic mass is 16.6. The third-order valence-corrected chi connectivity index (χ3v) is 4.08. The highest BCUT2D eigenvalue weighted by Gasteiger charge is 2.16. The van der Waals surface area contributed by atoms with Crippen LogP contribution in [0.4, 0.5) is 0 Å². The van der Waals surface area contributed by atoms with E-state index in [4.69, 9.17) is 9.47 Å². The number of unbranched alkanes of at least 4 members (excludes halogenated alkanes) is 5. The molecule has 0 aliphatic heterocycles. The lowest BCUT2D eigenvalue weighted by atomic mass is 10.1. The van der Waals surface area contributed by atoms with Gasteiger partial charge < -0.3 is 9.47 Å². The molecule has 130 valence electrons. The smallest absolute Gasteiger partial charge is 0.338 e. The van der Waals surface area contributed by atoms with Crippen LogP contribution in [0.1, 0.15) is 74.7 Å². The molecule has 0 heterocycles. The highest BCUT2D eigenvalue weighted by molar-refractivity contribution is 5.89. The SMILES string of the molecule is CCCCCCCCC(COC)OC(=O)c1cccc(CC)c1. The van der Waals surface area contributed by atoms with Crippen LogP contribution in [0.25, 0.3) is 0 Å². The molecule has 0 aromatic heterocycles. The third-order valence-electron chi connectivity index (χ3n) is 4.08. The third kappa shape index (κ3) is 8.17. The number of benzene rings is 1. The maximum Gasteiger partial charge on any atom is 0.338 e. The second kappa shape index (κ2) is 12.1. The van der Waals surface area contributed by atoms with Crippen molar-refractivity contribution in [1.82, 2.24) is 0 Å². The van der Waals surface area contributed by atoms with E-state index in [0.717, 1.165) is 24.8 Å². The predicted octanol–water partition coefficient (Wildman–Crippen LogP) is 5.17. The summed E-state index contributed by atoms with van der Waals surface area (Å²) in [6.45, 7) is 4.77. The molecule has 1 unspecified atom stereocenters. The fraction of sp³-hybridized carbons (Fsp3) is 0.650. The van der Waals surface area contributed by atoms with Crippen molar-refractivity contribution in [2.45, 2.75) is 71.3 Å². The number of esters is 1. The first-order chi connectivity index (χ1) is 11.2. The summed E-state index contributed by atoms with van der Waals surface area (Å²) in [6.07, 6.45) is 9.06. The molecule has 0 aliphatic rings. The van der Waals surface area contributed by atoms with Crippen molar-refractivity contribution in [1.29, 1.82) is 0 Å². The van der Waals surface area contributed by atoms with Gasteiger partial charge in [-0.3, -0.25) is 0 Å². The number of hydrogen-bond acceptors (Lipinski definition) is 3. The molecule has 0 saturated heterocycles. The van der Waals surface area contributed by atoms with E-state index in [9.17, 15) is 4.79 Å². The lowest BCUT2D eigenvalue weighted by molar-refractivity contribution is 0.00236. The van der Waals surface area contributed by atoms with Gasteiger partial charge in [0, 0.05) is 7.11 Å². The van der Waals surface area contributed by atoms with E-state index in [1.165, 1.54) is 32.1 Å². The van der Waals surface area contributed by atoms with Crippen LogP contribution in [-0.2, 0) is 15.9 Å². The zero-order valence-corrected chi connectivity index (χ0v) is 15.0. The zero-order chi connectivity index (χ0) is 16.9. The fourth-order valence-corrected chi connectivity index (χ4v) is 2.65. The van der Waals surface area contributed by atoms with Gasteiger partial charge in [0.2, 0.25) is 0 Å². The molecular formula is C20H32O3. The number of methoxy groups -OCH3 is 1. The summed E-state index contributed by atoms with van der Waals surface area (Å²) in [5, 5.41) is 0. The molecule has 1 aromatic rings. The van der Waals surface area contributed by atoms with E-state index < -0.39 is 0 Å². The molecule has 1 aromatic carbocycles. The molecule has 0 radical (unpaired) electrons. The van der Waals surface area contributed by atoms with Crippen LogP contribution >= 0.6 is 0 Å². The van der Waals surface area contributed by atoms with Crippen molar-refractivity contribution in [2.75, 3.05) is 13.7 Å². The maximum atomic E-state index is 12.3. The number of hydrogen-bond donors (Lipinski definition) is 0. The molecule has 0 amide bonds. The quantitative estimate of drug-likeness (QED) is 0.393. The average Bonchev–Trinajstić information content (AvgIpc) is 2.58. The summed E-state index contributed by atoms with van der Waals surface area (Å²) >= 11 is 0. The van der Waals surface area contributed by atoms with Crippen LogP contribution in [-0.4, -0.2) is 25.8 Å². The number of carbonyl (C=O) groups excluding carboxylic acids is 1. The zero-order valence-electron chi connectivity index (χ0n) is 15.0. The summed E-state index contributed by atoms with van der Waals surface area (Å²) in [6, 6.07) is 7.67. The van der Waals surface area contributed by atoms with Crippen molar-refractivity contribution in [2.24, 2.45) is 0 Å². The molecule has 3 nitrogen and oxygen atoms in total. The Morgan fingerprint density at radius 2 is 1.83 bits per heavy atom. The monoisotopic (exact) mass is 320 g/mol. The van der Waals surface area contributed by atoms with Crippen molar-refractivity contribution >= 4 is 5.97 Å². The number of aryl methyl sites for hydroxylation is 1. The molecule has 0 bridgehead atoms. The van der Waals surface area contributed by atoms with Gasteiger partial charge >= 0.3 is 5.97 Å². The largest absolute Gasteiger partial charge is 0.456 e. The van der Waals surface area contributed by atoms with Crippen molar-refractivity contribution in [3.63, 3.8) is 0 Å². The minimum absolute atomic E-state index is 0.149. The summed E-state index contributed by atoms with van der Waals surface area (Å²) in [5.74, 6) is -0.242. The molecule has 0 saturated carbocycles. The van der Waals surface area contributed by atoms with Crippen LogP contribution in [0.2, 0.25) is 0 Å². The second-order valence-electron chi connectivity index (χ2n) is 6.09. The predicted molar refractivity (Wildman–Crippen MR) is 94.9 cm³/mol. The van der Waals surface area contributed by atoms with Crippen LogP contribution < -0.4 is 0 Å². The van der Waals surface area contributed by atoms with E-state index in [1.807, 2.05) is 24.3 Å². The Kier molecular flexibility index (Phi) is 10.4. The Balaban J connectivity index is 2.42. The Morgan fingerprint density at radius 1 is 1.09 bits per heavy atom. The van der Waals surface area contributed by atoms with Crippen LogP contribution in [0, 0.1) is 0 Å². The molecule has 0 spiro atoms. The summed E-state index contributed by atoms with van der Waals surface area (Å²) in [5.41, 5.74) is 1.78. The molecule has 1 rings (SSSR count). The Bertz CT molecular complexity index is 442. The molecule has 0 aliphatic carbocycles. The first-order valence-corrected chi connectivity index (χ1v) is 9.00. The lowest BCUT2D eigenvalue weighted by Gasteiger charge is -2.17. The van der Waals surface area contributed by atoms with Gasteiger partial charge in [0.15, 0.2) is 0 Å². The van der Waals surface area contributed by atoms with Crippen LogP contribution in [0.5, 0.6) is 0 Å². The first-order valence-electron chi connectivity index (χ1n) is 9.00.